The van der Waals surface area contributed by atoms with Gasteiger partial charge in [-0.1, -0.05) is 19.4 Å². The van der Waals surface area contributed by atoms with Crippen LogP contribution in [0.3, 0.4) is 0 Å². The third-order valence-corrected chi connectivity index (χ3v) is 1.90. The Hall–Kier alpha value is -0.790. The second-order valence-electron chi connectivity index (χ2n) is 3.08. The van der Waals surface area contributed by atoms with Crippen LogP contribution in [0.2, 0.25) is 0 Å². The lowest BCUT2D eigenvalue weighted by atomic mass is 10.0. The number of unbranched alkanes of at least 4 members (excludes halogenated alkanes) is 1. The summed E-state index contributed by atoms with van der Waals surface area (Å²) in [6.45, 7) is 6.90. The Morgan fingerprint density at radius 3 is 2.83 bits per heavy atom. The van der Waals surface area contributed by atoms with Gasteiger partial charge in [0.1, 0.15) is 0 Å². The van der Waals surface area contributed by atoms with Gasteiger partial charge in [0.25, 0.3) is 6.47 Å². The largest absolute Gasteiger partial charge is 0.468 e. The molecular weight excluding hydrogens is 152 g/mol. The summed E-state index contributed by atoms with van der Waals surface area (Å²) >= 11 is 0. The highest BCUT2D eigenvalue weighted by atomic mass is 16.5. The van der Waals surface area contributed by atoms with Crippen molar-refractivity contribution in [3.8, 4) is 0 Å². The van der Waals surface area contributed by atoms with Crippen LogP contribution in [0.1, 0.15) is 32.6 Å². The second-order valence-corrected chi connectivity index (χ2v) is 3.08. The maximum atomic E-state index is 9.81. The number of carbonyl (C=O) groups excluding carboxylic acids is 1. The summed E-state index contributed by atoms with van der Waals surface area (Å²) in [7, 11) is 0. The number of hydrogen-bond donors (Lipinski definition) is 0. The third-order valence-electron chi connectivity index (χ3n) is 1.90. The fourth-order valence-corrected chi connectivity index (χ4v) is 1.07. The van der Waals surface area contributed by atoms with Crippen LogP contribution in [0, 0.1) is 5.92 Å². The van der Waals surface area contributed by atoms with Crippen LogP contribution >= 0.6 is 0 Å². The number of rotatable bonds is 8. The molecule has 12 heavy (non-hydrogen) atoms. The molecule has 0 aromatic carbocycles. The first-order valence-electron chi connectivity index (χ1n) is 4.47. The number of ether oxygens (including phenoxy) is 1. The van der Waals surface area contributed by atoms with E-state index in [1.54, 1.807) is 0 Å². The molecule has 0 bridgehead atoms. The smallest absolute Gasteiger partial charge is 0.293 e. The van der Waals surface area contributed by atoms with Crippen molar-refractivity contribution in [1.82, 2.24) is 0 Å². The van der Waals surface area contributed by atoms with Crippen LogP contribution in [0.4, 0.5) is 0 Å². The minimum atomic E-state index is 0.510. The molecule has 0 heterocycles. The van der Waals surface area contributed by atoms with Crippen molar-refractivity contribution >= 4 is 6.47 Å². The minimum Gasteiger partial charge on any atom is -0.468 e. The van der Waals surface area contributed by atoms with E-state index in [-0.39, 0.29) is 0 Å². The summed E-state index contributed by atoms with van der Waals surface area (Å²) in [5.41, 5.74) is 0. The molecule has 0 fully saturated rings. The van der Waals surface area contributed by atoms with Crippen molar-refractivity contribution in [3.05, 3.63) is 12.7 Å². The van der Waals surface area contributed by atoms with E-state index in [2.05, 4.69) is 18.2 Å². The lowest BCUT2D eigenvalue weighted by Gasteiger charge is -2.08. The normalized spacial score (nSPS) is 12.1. The zero-order valence-electron chi connectivity index (χ0n) is 7.79. The number of allylic oxidation sites excluding steroid dienone is 1. The molecule has 0 radical (unpaired) electrons. The van der Waals surface area contributed by atoms with Crippen molar-refractivity contribution in [3.63, 3.8) is 0 Å². The Balaban J connectivity index is 3.14. The van der Waals surface area contributed by atoms with Crippen molar-refractivity contribution in [2.75, 3.05) is 6.61 Å². The van der Waals surface area contributed by atoms with Crippen LogP contribution < -0.4 is 0 Å². The topological polar surface area (TPSA) is 26.3 Å². The third kappa shape index (κ3) is 7.32. The van der Waals surface area contributed by atoms with E-state index < -0.39 is 0 Å². The summed E-state index contributed by atoms with van der Waals surface area (Å²) in [4.78, 5) is 9.81. The quantitative estimate of drug-likeness (QED) is 0.318. The van der Waals surface area contributed by atoms with Gasteiger partial charge in [0, 0.05) is 0 Å². The number of carbonyl (C=O) groups is 1. The molecule has 0 amide bonds. The van der Waals surface area contributed by atoms with Crippen molar-refractivity contribution in [2.45, 2.75) is 32.6 Å². The van der Waals surface area contributed by atoms with Gasteiger partial charge in [-0.15, -0.1) is 6.58 Å². The SMILES string of the molecule is C=CCCCC(C)CCOC=O. The molecule has 0 aliphatic rings. The van der Waals surface area contributed by atoms with Gasteiger partial charge >= 0.3 is 0 Å². The monoisotopic (exact) mass is 170 g/mol. The minimum absolute atomic E-state index is 0.510. The first-order valence-corrected chi connectivity index (χ1v) is 4.47. The molecule has 70 valence electrons. The van der Waals surface area contributed by atoms with Crippen molar-refractivity contribution in [2.24, 2.45) is 5.92 Å². The highest BCUT2D eigenvalue weighted by Crippen LogP contribution is 2.11. The van der Waals surface area contributed by atoms with Crippen LogP contribution in [0.25, 0.3) is 0 Å². The Kier molecular flexibility index (Phi) is 7.76. The van der Waals surface area contributed by atoms with E-state index in [9.17, 15) is 4.79 Å². The highest BCUT2D eigenvalue weighted by Gasteiger charge is 2.00. The molecule has 2 heteroatoms. The maximum Gasteiger partial charge on any atom is 0.293 e. The fourth-order valence-electron chi connectivity index (χ4n) is 1.07. The summed E-state index contributed by atoms with van der Waals surface area (Å²) in [5, 5.41) is 0. The molecule has 0 aliphatic heterocycles. The van der Waals surface area contributed by atoms with Gasteiger partial charge in [-0.3, -0.25) is 4.79 Å². The Morgan fingerprint density at radius 2 is 2.25 bits per heavy atom. The Labute approximate surface area is 74.6 Å². The van der Waals surface area contributed by atoms with Gasteiger partial charge in [0.15, 0.2) is 0 Å². The summed E-state index contributed by atoms with van der Waals surface area (Å²) in [6, 6.07) is 0. The van der Waals surface area contributed by atoms with Crippen LogP contribution in [-0.4, -0.2) is 13.1 Å². The van der Waals surface area contributed by atoms with Gasteiger partial charge in [-0.05, 0) is 25.2 Å². The van der Waals surface area contributed by atoms with E-state index in [1.165, 1.54) is 12.8 Å². The molecule has 2 nitrogen and oxygen atoms in total. The van der Waals surface area contributed by atoms with Crippen molar-refractivity contribution < 1.29 is 9.53 Å². The molecule has 0 spiro atoms. The molecule has 0 aromatic heterocycles. The summed E-state index contributed by atoms with van der Waals surface area (Å²) in [6.07, 6.45) is 6.36. The van der Waals surface area contributed by atoms with E-state index in [1.807, 2.05) is 6.08 Å². The van der Waals surface area contributed by atoms with E-state index >= 15 is 0 Å². The summed E-state index contributed by atoms with van der Waals surface area (Å²) < 4.78 is 4.61. The van der Waals surface area contributed by atoms with Crippen molar-refractivity contribution in [1.29, 1.82) is 0 Å². The van der Waals surface area contributed by atoms with Gasteiger partial charge < -0.3 is 4.74 Å². The van der Waals surface area contributed by atoms with Gasteiger partial charge in [-0.2, -0.15) is 0 Å². The maximum absolute atomic E-state index is 9.81. The number of hydrogen-bond acceptors (Lipinski definition) is 2. The highest BCUT2D eigenvalue weighted by molar-refractivity contribution is 5.36. The molecule has 0 aromatic rings. The molecule has 1 atom stereocenters. The molecule has 0 N–H and O–H groups in total. The van der Waals surface area contributed by atoms with Gasteiger partial charge in [0.2, 0.25) is 0 Å². The zero-order chi connectivity index (χ0) is 9.23. The zero-order valence-corrected chi connectivity index (χ0v) is 7.79. The standard InChI is InChI=1S/C10H18O2/c1-3-4-5-6-10(2)7-8-12-9-11/h3,9-10H,1,4-8H2,2H3. The van der Waals surface area contributed by atoms with Crippen LogP contribution in [-0.2, 0) is 9.53 Å². The fraction of sp³-hybridized carbons (Fsp3) is 0.700. The van der Waals surface area contributed by atoms with Gasteiger partial charge in [-0.25, -0.2) is 0 Å². The Bertz CT molecular complexity index is 107. The van der Waals surface area contributed by atoms with Gasteiger partial charge in [0.05, 0.1) is 6.61 Å². The second kappa shape index (κ2) is 8.31. The van der Waals surface area contributed by atoms with Crippen LogP contribution in [0.5, 0.6) is 0 Å². The van der Waals surface area contributed by atoms with E-state index in [0.717, 1.165) is 12.8 Å². The predicted octanol–water partition coefficient (Wildman–Crippen LogP) is 2.54. The predicted molar refractivity (Wildman–Crippen MR) is 49.8 cm³/mol. The molecule has 0 saturated carbocycles. The van der Waals surface area contributed by atoms with E-state index in [0.29, 0.717) is 19.0 Å². The first kappa shape index (κ1) is 11.2. The lowest BCUT2D eigenvalue weighted by Crippen LogP contribution is -2.00. The first-order chi connectivity index (χ1) is 5.81. The van der Waals surface area contributed by atoms with Crippen LogP contribution in [0.15, 0.2) is 12.7 Å². The lowest BCUT2D eigenvalue weighted by molar-refractivity contribution is -0.129. The van der Waals surface area contributed by atoms with E-state index in [4.69, 9.17) is 0 Å². The molecule has 0 aliphatic carbocycles. The molecule has 0 rings (SSSR count). The average Bonchev–Trinajstić information content (AvgIpc) is 2.06. The molecule has 1 unspecified atom stereocenters. The summed E-state index contributed by atoms with van der Waals surface area (Å²) in [5.74, 6) is 0.643. The average molecular weight is 170 g/mol. The Morgan fingerprint density at radius 1 is 1.50 bits per heavy atom. The molecular formula is C10H18O2. The molecule has 0 saturated heterocycles.